The third-order valence-electron chi connectivity index (χ3n) is 6.26. The maximum atomic E-state index is 13.2. The Morgan fingerprint density at radius 3 is 2.67 bits per heavy atom. The van der Waals surface area contributed by atoms with Gasteiger partial charge in [-0.3, -0.25) is 14.9 Å². The molecular weight excluding hydrogens is 482 g/mol. The second-order valence-electron chi connectivity index (χ2n) is 9.41. The Bertz CT molecular complexity index is 1410. The van der Waals surface area contributed by atoms with E-state index in [1.807, 2.05) is 36.3 Å². The van der Waals surface area contributed by atoms with Crippen LogP contribution in [0.1, 0.15) is 41.9 Å². The lowest BCUT2D eigenvalue weighted by Crippen LogP contribution is -2.48. The van der Waals surface area contributed by atoms with Crippen molar-refractivity contribution in [2.24, 2.45) is 0 Å². The zero-order valence-corrected chi connectivity index (χ0v) is 20.6. The number of thiophene rings is 1. The Hall–Kier alpha value is -3.77. The summed E-state index contributed by atoms with van der Waals surface area (Å²) >= 11 is 1.39. The number of urea groups is 1. The van der Waals surface area contributed by atoms with E-state index in [-0.39, 0.29) is 23.8 Å². The van der Waals surface area contributed by atoms with E-state index in [9.17, 15) is 14.4 Å². The Balaban J connectivity index is 1.36. The summed E-state index contributed by atoms with van der Waals surface area (Å²) < 4.78 is 7.46. The van der Waals surface area contributed by atoms with Crippen molar-refractivity contribution in [2.75, 3.05) is 18.4 Å². The topological polar surface area (TPSA) is 130 Å². The molecule has 0 aromatic carbocycles. The first kappa shape index (κ1) is 22.7. The minimum atomic E-state index is -0.563. The van der Waals surface area contributed by atoms with Gasteiger partial charge in [0.05, 0.1) is 29.0 Å². The molecule has 3 aromatic rings. The number of amides is 4. The van der Waals surface area contributed by atoms with Gasteiger partial charge in [-0.2, -0.15) is 9.61 Å². The molecule has 0 spiro atoms. The van der Waals surface area contributed by atoms with Crippen molar-refractivity contribution in [1.29, 1.82) is 0 Å². The monoisotopic (exact) mass is 507 g/mol. The molecule has 0 radical (unpaired) electrons. The van der Waals surface area contributed by atoms with Crippen molar-refractivity contribution in [3.05, 3.63) is 39.8 Å². The van der Waals surface area contributed by atoms with Crippen LogP contribution in [0.3, 0.4) is 0 Å². The molecule has 2 aliphatic heterocycles. The Labute approximate surface area is 210 Å². The van der Waals surface area contributed by atoms with E-state index >= 15 is 0 Å². The van der Waals surface area contributed by atoms with Gasteiger partial charge < -0.3 is 20.3 Å². The minimum Gasteiger partial charge on any atom is -0.372 e. The third-order valence-corrected chi connectivity index (χ3v) is 7.18. The maximum Gasteiger partial charge on any atom is 0.326 e. The second-order valence-corrected chi connectivity index (χ2v) is 10.3. The van der Waals surface area contributed by atoms with E-state index < -0.39 is 11.9 Å². The van der Waals surface area contributed by atoms with Crippen molar-refractivity contribution < 1.29 is 19.1 Å². The normalized spacial score (nSPS) is 23.3. The van der Waals surface area contributed by atoms with Crippen LogP contribution < -0.4 is 16.0 Å². The van der Waals surface area contributed by atoms with Gasteiger partial charge >= 0.3 is 6.03 Å². The predicted octanol–water partition coefficient (Wildman–Crippen LogP) is 2.46. The molecule has 2 saturated heterocycles. The van der Waals surface area contributed by atoms with E-state index in [2.05, 4.69) is 21.0 Å². The number of anilines is 1. The molecule has 12 heteroatoms. The summed E-state index contributed by atoms with van der Waals surface area (Å²) in [5.41, 5.74) is 2.77. The molecule has 186 valence electrons. The van der Waals surface area contributed by atoms with Gasteiger partial charge in [0.25, 0.3) is 11.8 Å². The SMILES string of the molecule is CC1CN(C(=O)c2cc(-c3cc(NC4CC4)n4ncc(/C=C5/NC(=O)NC5=O)c4n3)cs2)CC(C)O1. The first-order valence-corrected chi connectivity index (χ1v) is 12.7. The molecule has 2 unspecified atom stereocenters. The fraction of sp³-hybridized carbons (Fsp3) is 0.375. The third kappa shape index (κ3) is 4.33. The van der Waals surface area contributed by atoms with Crippen LogP contribution in [0.15, 0.2) is 29.4 Å². The maximum absolute atomic E-state index is 13.2. The summed E-state index contributed by atoms with van der Waals surface area (Å²) in [4.78, 5) is 44.0. The average Bonchev–Trinajstić information content (AvgIpc) is 3.22. The van der Waals surface area contributed by atoms with E-state index in [4.69, 9.17) is 9.72 Å². The molecule has 3 fully saturated rings. The van der Waals surface area contributed by atoms with Crippen LogP contribution in [0.4, 0.5) is 10.6 Å². The zero-order valence-electron chi connectivity index (χ0n) is 19.8. The van der Waals surface area contributed by atoms with Crippen LogP contribution in [0.5, 0.6) is 0 Å². The van der Waals surface area contributed by atoms with Gasteiger partial charge in [0.15, 0.2) is 5.65 Å². The van der Waals surface area contributed by atoms with Gasteiger partial charge in [0.2, 0.25) is 0 Å². The number of carbonyl (C=O) groups is 3. The lowest BCUT2D eigenvalue weighted by atomic mass is 10.2. The minimum absolute atomic E-state index is 0.00148. The largest absolute Gasteiger partial charge is 0.372 e. The first-order valence-electron chi connectivity index (χ1n) is 11.9. The highest BCUT2D eigenvalue weighted by atomic mass is 32.1. The first-order chi connectivity index (χ1) is 17.3. The Kier molecular flexibility index (Phi) is 5.49. The van der Waals surface area contributed by atoms with Crippen LogP contribution in [0.25, 0.3) is 23.0 Å². The Morgan fingerprint density at radius 2 is 1.97 bits per heavy atom. The number of rotatable bonds is 5. The lowest BCUT2D eigenvalue weighted by Gasteiger charge is -2.35. The number of hydrogen-bond donors (Lipinski definition) is 3. The number of carbonyl (C=O) groups excluding carboxylic acids is 3. The molecule has 3 N–H and O–H groups in total. The molecule has 1 aliphatic carbocycles. The molecule has 36 heavy (non-hydrogen) atoms. The number of morpholine rings is 1. The molecule has 0 bridgehead atoms. The number of ether oxygens (including phenoxy) is 1. The standard InChI is InChI=1S/C24H25N7O4S/c1-12-9-30(10-13(2)35-12)23(33)19-6-15(11-36-19)17-7-20(26-16-3-4-16)31-21(27-17)14(8-25-31)5-18-22(32)29-24(34)28-18/h5-8,11-13,16,26H,3-4,9-10H2,1-2H3,(H2,28,29,32,34)/b18-5+. The fourth-order valence-corrected chi connectivity index (χ4v) is 5.36. The van der Waals surface area contributed by atoms with Gasteiger partial charge in [0.1, 0.15) is 11.5 Å². The van der Waals surface area contributed by atoms with E-state index in [0.29, 0.717) is 40.9 Å². The summed E-state index contributed by atoms with van der Waals surface area (Å²) in [5.74, 6) is 0.264. The van der Waals surface area contributed by atoms with Crippen molar-refractivity contribution in [3.8, 4) is 11.3 Å². The molecule has 4 amide bonds. The van der Waals surface area contributed by atoms with E-state index in [1.54, 1.807) is 16.8 Å². The summed E-state index contributed by atoms with van der Waals surface area (Å²) in [5, 5.41) is 14.6. The second kappa shape index (κ2) is 8.71. The van der Waals surface area contributed by atoms with Gasteiger partial charge in [-0.25, -0.2) is 9.78 Å². The summed E-state index contributed by atoms with van der Waals surface area (Å²) in [7, 11) is 0. The van der Waals surface area contributed by atoms with Crippen molar-refractivity contribution in [1.82, 2.24) is 30.1 Å². The molecule has 5 heterocycles. The van der Waals surface area contributed by atoms with Gasteiger partial charge in [0, 0.05) is 41.7 Å². The van der Waals surface area contributed by atoms with Gasteiger partial charge in [-0.05, 0) is 38.8 Å². The Morgan fingerprint density at radius 1 is 1.19 bits per heavy atom. The predicted molar refractivity (Wildman–Crippen MR) is 134 cm³/mol. The smallest absolute Gasteiger partial charge is 0.326 e. The van der Waals surface area contributed by atoms with E-state index in [1.165, 1.54) is 11.3 Å². The summed E-state index contributed by atoms with van der Waals surface area (Å²) in [6, 6.07) is 3.61. The quantitative estimate of drug-likeness (QED) is 0.357. The molecule has 3 aliphatic rings. The van der Waals surface area contributed by atoms with Gasteiger partial charge in [-0.15, -0.1) is 11.3 Å². The van der Waals surface area contributed by atoms with Crippen LogP contribution in [-0.2, 0) is 9.53 Å². The number of imide groups is 1. The number of hydrogen-bond acceptors (Lipinski definition) is 8. The molecule has 3 aromatic heterocycles. The van der Waals surface area contributed by atoms with Crippen LogP contribution >= 0.6 is 11.3 Å². The summed E-state index contributed by atoms with van der Waals surface area (Å²) in [6.07, 6.45) is 5.33. The molecular formula is C24H25N7O4S. The molecule has 11 nitrogen and oxygen atoms in total. The molecule has 1 saturated carbocycles. The van der Waals surface area contributed by atoms with Crippen LogP contribution in [-0.4, -0.2) is 68.7 Å². The number of fused-ring (bicyclic) bond motifs is 1. The summed E-state index contributed by atoms with van der Waals surface area (Å²) in [6.45, 7) is 5.08. The van der Waals surface area contributed by atoms with E-state index in [0.717, 1.165) is 24.2 Å². The van der Waals surface area contributed by atoms with Gasteiger partial charge in [-0.1, -0.05) is 0 Å². The van der Waals surface area contributed by atoms with Crippen LogP contribution in [0.2, 0.25) is 0 Å². The van der Waals surface area contributed by atoms with Crippen molar-refractivity contribution >= 4 is 46.7 Å². The van der Waals surface area contributed by atoms with Crippen molar-refractivity contribution in [3.63, 3.8) is 0 Å². The lowest BCUT2D eigenvalue weighted by molar-refractivity contribution is -0.115. The number of aromatic nitrogens is 3. The highest BCUT2D eigenvalue weighted by Crippen LogP contribution is 2.32. The highest BCUT2D eigenvalue weighted by molar-refractivity contribution is 7.12. The van der Waals surface area contributed by atoms with Crippen molar-refractivity contribution in [2.45, 2.75) is 44.9 Å². The zero-order chi connectivity index (χ0) is 25.0. The number of nitrogens with zero attached hydrogens (tertiary/aromatic N) is 4. The van der Waals surface area contributed by atoms with Crippen LogP contribution in [0, 0.1) is 0 Å². The number of nitrogens with one attached hydrogen (secondary N) is 3. The highest BCUT2D eigenvalue weighted by Gasteiger charge is 2.28. The molecule has 6 rings (SSSR count). The molecule has 2 atom stereocenters. The fourth-order valence-electron chi connectivity index (χ4n) is 4.49. The average molecular weight is 508 g/mol.